The molecule has 7 nitrogen and oxygen atoms in total. The summed E-state index contributed by atoms with van der Waals surface area (Å²) in [6, 6.07) is 4.27. The van der Waals surface area contributed by atoms with Crippen molar-refractivity contribution in [2.75, 3.05) is 6.61 Å². The Morgan fingerprint density at radius 2 is 1.92 bits per heavy atom. The molecule has 0 spiro atoms. The number of pyridine rings is 1. The van der Waals surface area contributed by atoms with Crippen LogP contribution in [0.4, 0.5) is 0 Å². The number of rotatable bonds is 11. The van der Waals surface area contributed by atoms with Crippen LogP contribution < -0.4 is 74.2 Å². The molecule has 0 fully saturated rings. The molecule has 0 aromatic carbocycles. The summed E-state index contributed by atoms with van der Waals surface area (Å²) in [5, 5.41) is 2.67. The van der Waals surface area contributed by atoms with Gasteiger partial charge in [0.15, 0.2) is 0 Å². The van der Waals surface area contributed by atoms with Crippen molar-refractivity contribution in [2.24, 2.45) is 0 Å². The van der Waals surface area contributed by atoms with E-state index in [0.717, 1.165) is 32.1 Å². The number of unbranched alkanes of at least 4 members (excludes halogenated alkanes) is 4. The molecule has 0 bridgehead atoms. The number of carbonyl (C=O) groups is 1. The number of hydrogen-bond donors (Lipinski definition) is 1. The van der Waals surface area contributed by atoms with E-state index in [-0.39, 0.29) is 65.0 Å². The molecule has 1 amide bonds. The number of phosphoric acid groups is 1. The fraction of sp³-hybridized carbons (Fsp3) is 0.600. The third-order valence-corrected chi connectivity index (χ3v) is 3.75. The molecule has 0 saturated carbocycles. The summed E-state index contributed by atoms with van der Waals surface area (Å²) >= 11 is 0. The topological polar surface area (TPSA) is 114 Å². The predicted molar refractivity (Wildman–Crippen MR) is 82.1 cm³/mol. The zero-order valence-corrected chi connectivity index (χ0v) is 20.2. The maximum absolute atomic E-state index is 12.0. The molecule has 25 heavy (non-hydrogen) atoms. The van der Waals surface area contributed by atoms with Gasteiger partial charge in [-0.3, -0.25) is 9.78 Å². The Morgan fingerprint density at radius 3 is 2.48 bits per heavy atom. The molecule has 10 heteroatoms. The molecule has 1 rings (SSSR count). The number of nitrogens with zero attached hydrogens (tertiary/aromatic N) is 1. The maximum atomic E-state index is 12.0. The molecular weight excluding hydrogens is 365 g/mol. The maximum Gasteiger partial charge on any atom is 1.00 e. The molecule has 0 aliphatic rings. The number of hydrogen-bond acceptors (Lipinski definition) is 6. The van der Waals surface area contributed by atoms with Gasteiger partial charge in [0.2, 0.25) is 5.91 Å². The minimum atomic E-state index is -5.10. The normalized spacial score (nSPS) is 11.8. The molecule has 1 aromatic rings. The first-order valence-electron chi connectivity index (χ1n) is 7.79. The van der Waals surface area contributed by atoms with Gasteiger partial charge in [-0.05, 0) is 18.6 Å². The Hall–Kier alpha value is 0.730. The van der Waals surface area contributed by atoms with Crippen LogP contribution in [0.3, 0.4) is 0 Å². The minimum Gasteiger partial charge on any atom is -0.790 e. The van der Waals surface area contributed by atoms with E-state index in [1.807, 2.05) is 0 Å². The summed E-state index contributed by atoms with van der Waals surface area (Å²) in [6.45, 7) is 1.66. The van der Waals surface area contributed by atoms with Crippen molar-refractivity contribution >= 4 is 13.7 Å². The van der Waals surface area contributed by atoms with Crippen molar-refractivity contribution in [3.05, 3.63) is 30.1 Å². The van der Waals surface area contributed by atoms with E-state index < -0.39 is 20.5 Å². The molecule has 0 aliphatic carbocycles. The second-order valence-corrected chi connectivity index (χ2v) is 6.43. The first-order valence-corrected chi connectivity index (χ1v) is 9.25. The van der Waals surface area contributed by atoms with Gasteiger partial charge in [0, 0.05) is 12.6 Å². The van der Waals surface area contributed by atoms with Crippen LogP contribution in [0.25, 0.3) is 0 Å². The average Bonchev–Trinajstić information content (AvgIpc) is 2.51. The van der Waals surface area contributed by atoms with Crippen LogP contribution in [0.1, 0.15) is 57.2 Å². The minimum absolute atomic E-state index is 0. The smallest absolute Gasteiger partial charge is 0.790 e. The van der Waals surface area contributed by atoms with Gasteiger partial charge in [0.05, 0.1) is 26.2 Å². The van der Waals surface area contributed by atoms with Crippen molar-refractivity contribution in [3.8, 4) is 0 Å². The van der Waals surface area contributed by atoms with Gasteiger partial charge in [-0.1, -0.05) is 38.7 Å². The summed E-state index contributed by atoms with van der Waals surface area (Å²) in [7, 11) is -5.10. The Balaban J connectivity index is 0. The van der Waals surface area contributed by atoms with E-state index in [1.165, 1.54) is 6.20 Å². The Labute approximate surface area is 193 Å². The summed E-state index contributed by atoms with van der Waals surface area (Å²) in [5.74, 6) is -0.215. The molecule has 1 unspecified atom stereocenters. The number of nitrogens with one attached hydrogen (secondary N) is 1. The number of amides is 1. The second-order valence-electron chi connectivity index (χ2n) is 5.28. The van der Waals surface area contributed by atoms with Crippen molar-refractivity contribution in [2.45, 2.75) is 51.5 Å². The number of phosphoric ester groups is 1. The van der Waals surface area contributed by atoms with Gasteiger partial charge in [-0.25, -0.2) is 0 Å². The fourth-order valence-corrected chi connectivity index (χ4v) is 2.44. The zero-order chi connectivity index (χ0) is 17.1. The molecule has 1 heterocycles. The summed E-state index contributed by atoms with van der Waals surface area (Å²) < 4.78 is 14.9. The Bertz CT molecular complexity index is 516. The van der Waals surface area contributed by atoms with E-state index >= 15 is 0 Å². The van der Waals surface area contributed by atoms with Gasteiger partial charge in [-0.2, -0.15) is 0 Å². The summed E-state index contributed by atoms with van der Waals surface area (Å²) in [4.78, 5) is 37.3. The standard InChI is InChI=1S/C15H25N2O5P.2Na/c1-2-3-4-5-6-10-15(18)17-14(12-22-23(19,20)21)13-9-7-8-11-16-13;;/h7-9,11,14H,2-6,10,12H2,1H3,(H,17,18)(H2,19,20,21);;/q;2*+1/p-2. The van der Waals surface area contributed by atoms with Gasteiger partial charge < -0.3 is 24.2 Å². The van der Waals surface area contributed by atoms with Crippen molar-refractivity contribution < 1.29 is 82.8 Å². The van der Waals surface area contributed by atoms with E-state index in [0.29, 0.717) is 12.1 Å². The Morgan fingerprint density at radius 1 is 1.24 bits per heavy atom. The van der Waals surface area contributed by atoms with Crippen LogP contribution >= 0.6 is 7.82 Å². The molecular formula is C15H23N2Na2O5P. The Kier molecular flexibility index (Phi) is 17.6. The first kappa shape index (κ1) is 27.9. The van der Waals surface area contributed by atoms with E-state index in [9.17, 15) is 19.1 Å². The van der Waals surface area contributed by atoms with Crippen LogP contribution in [0, 0.1) is 0 Å². The fourth-order valence-electron chi connectivity index (χ4n) is 2.10. The van der Waals surface area contributed by atoms with Gasteiger partial charge in [-0.15, -0.1) is 0 Å². The second kappa shape index (κ2) is 15.8. The largest absolute Gasteiger partial charge is 1.00 e. The molecule has 0 aliphatic heterocycles. The molecule has 0 saturated heterocycles. The van der Waals surface area contributed by atoms with Crippen molar-refractivity contribution in [3.63, 3.8) is 0 Å². The van der Waals surface area contributed by atoms with Gasteiger partial charge >= 0.3 is 59.1 Å². The first-order chi connectivity index (χ1) is 10.9. The predicted octanol–water partition coefficient (Wildman–Crippen LogP) is -4.55. The third-order valence-electron chi connectivity index (χ3n) is 3.29. The van der Waals surface area contributed by atoms with E-state index in [4.69, 9.17) is 0 Å². The number of carbonyl (C=O) groups excluding carboxylic acids is 1. The quantitative estimate of drug-likeness (QED) is 0.232. The molecule has 1 N–H and O–H groups in total. The monoisotopic (exact) mass is 388 g/mol. The van der Waals surface area contributed by atoms with Crippen LogP contribution in [-0.4, -0.2) is 17.5 Å². The molecule has 0 radical (unpaired) electrons. The van der Waals surface area contributed by atoms with E-state index in [2.05, 4.69) is 21.7 Å². The number of aromatic nitrogens is 1. The zero-order valence-electron chi connectivity index (χ0n) is 15.3. The van der Waals surface area contributed by atoms with Crippen LogP contribution in [0.5, 0.6) is 0 Å². The molecule has 1 aromatic heterocycles. The van der Waals surface area contributed by atoms with Gasteiger partial charge in [0.25, 0.3) is 0 Å². The average molecular weight is 388 g/mol. The van der Waals surface area contributed by atoms with Crippen molar-refractivity contribution in [1.82, 2.24) is 10.3 Å². The molecule has 130 valence electrons. The van der Waals surface area contributed by atoms with Crippen LogP contribution in [0.15, 0.2) is 24.4 Å². The van der Waals surface area contributed by atoms with Gasteiger partial charge in [0.1, 0.15) is 0 Å². The van der Waals surface area contributed by atoms with Crippen LogP contribution in [-0.2, 0) is 13.9 Å². The van der Waals surface area contributed by atoms with E-state index in [1.54, 1.807) is 18.2 Å². The SMILES string of the molecule is CCCCCCCC(=O)NC(COP(=O)([O-])[O-])c1ccccn1.[Na+].[Na+]. The summed E-state index contributed by atoms with van der Waals surface area (Å²) in [6.07, 6.45) is 6.98. The van der Waals surface area contributed by atoms with Crippen molar-refractivity contribution in [1.29, 1.82) is 0 Å². The van der Waals surface area contributed by atoms with Crippen LogP contribution in [0.2, 0.25) is 0 Å². The molecule has 1 atom stereocenters. The summed E-state index contributed by atoms with van der Waals surface area (Å²) in [5.41, 5.74) is 0.445. The third kappa shape index (κ3) is 14.5.